The van der Waals surface area contributed by atoms with Crippen LogP contribution in [0.15, 0.2) is 28.8 Å². The molecular weight excluding hydrogens is 341 g/mol. The fourth-order valence-electron chi connectivity index (χ4n) is 1.93. The molecule has 0 unspecified atom stereocenters. The van der Waals surface area contributed by atoms with E-state index < -0.39 is 12.1 Å². The minimum absolute atomic E-state index is 0.162. The largest absolute Gasteiger partial charge is 0.471 e. The number of benzene rings is 1. The first-order valence-corrected chi connectivity index (χ1v) is 7.34. The van der Waals surface area contributed by atoms with Gasteiger partial charge in [0, 0.05) is 19.7 Å². The zero-order valence-corrected chi connectivity index (χ0v) is 13.9. The quantitative estimate of drug-likeness (QED) is 0.768. The number of carbonyl (C=O) groups is 1. The van der Waals surface area contributed by atoms with E-state index >= 15 is 0 Å². The molecule has 25 heavy (non-hydrogen) atoms. The fraction of sp³-hybridized carbons (Fsp3) is 0.400. The SMILES string of the molecule is CCON(Cc1ccc(-c2noc(C(F)(F)F)n2)cc1)C(=O)N(C)C. The number of rotatable bonds is 5. The molecule has 0 spiro atoms. The molecule has 0 N–H and O–H groups in total. The van der Waals surface area contributed by atoms with E-state index in [-0.39, 0.29) is 18.4 Å². The van der Waals surface area contributed by atoms with Crippen molar-refractivity contribution in [2.24, 2.45) is 0 Å². The maximum atomic E-state index is 12.5. The second-order valence-corrected chi connectivity index (χ2v) is 5.25. The van der Waals surface area contributed by atoms with Crippen LogP contribution >= 0.6 is 0 Å². The molecule has 0 aliphatic rings. The summed E-state index contributed by atoms with van der Waals surface area (Å²) in [5.74, 6) is -1.56. The van der Waals surface area contributed by atoms with Gasteiger partial charge in [0.2, 0.25) is 5.82 Å². The third-order valence-electron chi connectivity index (χ3n) is 3.09. The van der Waals surface area contributed by atoms with E-state index in [0.717, 1.165) is 5.56 Å². The monoisotopic (exact) mass is 358 g/mol. The summed E-state index contributed by atoms with van der Waals surface area (Å²) in [6, 6.07) is 6.07. The van der Waals surface area contributed by atoms with Gasteiger partial charge in [-0.25, -0.2) is 4.79 Å². The molecule has 0 saturated heterocycles. The smallest absolute Gasteiger partial charge is 0.329 e. The van der Waals surface area contributed by atoms with Gasteiger partial charge < -0.3 is 9.42 Å². The number of carbonyl (C=O) groups excluding carboxylic acids is 1. The van der Waals surface area contributed by atoms with Gasteiger partial charge >= 0.3 is 18.1 Å². The summed E-state index contributed by atoms with van der Waals surface area (Å²) in [4.78, 5) is 22.0. The molecular formula is C15H17F3N4O3. The third kappa shape index (κ3) is 4.69. The Balaban J connectivity index is 2.13. The summed E-state index contributed by atoms with van der Waals surface area (Å²) < 4.78 is 41.7. The first-order valence-electron chi connectivity index (χ1n) is 7.34. The summed E-state index contributed by atoms with van der Waals surface area (Å²) in [6.07, 6.45) is -4.68. The molecule has 0 radical (unpaired) electrons. The highest BCUT2D eigenvalue weighted by molar-refractivity contribution is 5.72. The molecule has 10 heteroatoms. The van der Waals surface area contributed by atoms with E-state index in [1.807, 2.05) is 0 Å². The Morgan fingerprint density at radius 1 is 1.24 bits per heavy atom. The van der Waals surface area contributed by atoms with E-state index in [2.05, 4.69) is 14.7 Å². The number of alkyl halides is 3. The Bertz CT molecular complexity index is 714. The van der Waals surface area contributed by atoms with Crippen LogP contribution in [0.5, 0.6) is 0 Å². The molecule has 0 atom stereocenters. The Kier molecular flexibility index (Phi) is 5.62. The molecule has 0 aliphatic carbocycles. The first-order chi connectivity index (χ1) is 11.7. The predicted molar refractivity (Wildman–Crippen MR) is 81.0 cm³/mol. The molecule has 1 heterocycles. The van der Waals surface area contributed by atoms with Crippen LogP contribution < -0.4 is 0 Å². The molecule has 0 bridgehead atoms. The van der Waals surface area contributed by atoms with Gasteiger partial charge in [-0.1, -0.05) is 29.4 Å². The van der Waals surface area contributed by atoms with Gasteiger partial charge in [-0.15, -0.1) is 0 Å². The number of halogens is 3. The summed E-state index contributed by atoms with van der Waals surface area (Å²) in [7, 11) is 3.21. The lowest BCUT2D eigenvalue weighted by Gasteiger charge is -2.24. The predicted octanol–water partition coefficient (Wildman–Crippen LogP) is 3.19. The van der Waals surface area contributed by atoms with E-state index in [1.54, 1.807) is 45.3 Å². The molecule has 2 amide bonds. The topological polar surface area (TPSA) is 71.7 Å². The summed E-state index contributed by atoms with van der Waals surface area (Å²) in [5.41, 5.74) is 1.09. The lowest BCUT2D eigenvalue weighted by Crippen LogP contribution is -2.38. The van der Waals surface area contributed by atoms with Crippen molar-refractivity contribution in [2.75, 3.05) is 20.7 Å². The van der Waals surface area contributed by atoms with Crippen LogP contribution in [0.3, 0.4) is 0 Å². The Morgan fingerprint density at radius 2 is 1.88 bits per heavy atom. The Hall–Kier alpha value is -2.62. The normalized spacial score (nSPS) is 11.4. The first kappa shape index (κ1) is 18.7. The summed E-state index contributed by atoms with van der Waals surface area (Å²) in [6.45, 7) is 2.26. The number of hydrogen-bond donors (Lipinski definition) is 0. The zero-order valence-electron chi connectivity index (χ0n) is 13.9. The molecule has 136 valence electrons. The molecule has 2 rings (SSSR count). The van der Waals surface area contributed by atoms with E-state index in [0.29, 0.717) is 12.2 Å². The minimum Gasteiger partial charge on any atom is -0.329 e. The van der Waals surface area contributed by atoms with Gasteiger partial charge in [0.25, 0.3) is 0 Å². The average Bonchev–Trinajstić information content (AvgIpc) is 3.04. The third-order valence-corrected chi connectivity index (χ3v) is 3.09. The van der Waals surface area contributed by atoms with Crippen molar-refractivity contribution in [1.82, 2.24) is 20.1 Å². The van der Waals surface area contributed by atoms with E-state index in [1.165, 1.54) is 9.96 Å². The van der Waals surface area contributed by atoms with Gasteiger partial charge in [-0.3, -0.25) is 4.84 Å². The van der Waals surface area contributed by atoms with Crippen molar-refractivity contribution in [3.8, 4) is 11.4 Å². The number of hydroxylamine groups is 2. The van der Waals surface area contributed by atoms with E-state index in [9.17, 15) is 18.0 Å². The van der Waals surface area contributed by atoms with Gasteiger partial charge in [0.05, 0.1) is 13.2 Å². The molecule has 1 aromatic heterocycles. The molecule has 7 nitrogen and oxygen atoms in total. The molecule has 0 saturated carbocycles. The number of hydrogen-bond acceptors (Lipinski definition) is 5. The highest BCUT2D eigenvalue weighted by Crippen LogP contribution is 2.29. The fourth-order valence-corrected chi connectivity index (χ4v) is 1.93. The lowest BCUT2D eigenvalue weighted by atomic mass is 10.1. The number of nitrogens with zero attached hydrogens (tertiary/aromatic N) is 4. The standard InChI is InChI=1S/C15H17F3N4O3/c1-4-24-22(14(23)21(2)3)9-10-5-7-11(8-6-10)12-19-13(25-20-12)15(16,17)18/h5-8H,4,9H2,1-3H3. The van der Waals surface area contributed by atoms with Crippen LogP contribution in [-0.4, -0.2) is 46.8 Å². The second-order valence-electron chi connectivity index (χ2n) is 5.25. The number of aromatic nitrogens is 2. The van der Waals surface area contributed by atoms with Gasteiger partial charge in [0.15, 0.2) is 0 Å². The van der Waals surface area contributed by atoms with Crippen LogP contribution in [0.1, 0.15) is 18.4 Å². The van der Waals surface area contributed by atoms with Crippen molar-refractivity contribution in [3.05, 3.63) is 35.7 Å². The second kappa shape index (κ2) is 7.51. The molecule has 1 aromatic carbocycles. The van der Waals surface area contributed by atoms with Crippen LogP contribution in [0.2, 0.25) is 0 Å². The van der Waals surface area contributed by atoms with Crippen LogP contribution in [0.4, 0.5) is 18.0 Å². The maximum absolute atomic E-state index is 12.5. The van der Waals surface area contributed by atoms with E-state index in [4.69, 9.17) is 4.84 Å². The number of urea groups is 1. The van der Waals surface area contributed by atoms with Gasteiger partial charge in [-0.05, 0) is 12.5 Å². The molecule has 0 fully saturated rings. The van der Waals surface area contributed by atoms with Crippen LogP contribution in [-0.2, 0) is 17.6 Å². The van der Waals surface area contributed by atoms with Gasteiger partial charge in [-0.2, -0.15) is 23.2 Å². The molecule has 2 aromatic rings. The average molecular weight is 358 g/mol. The van der Waals surface area contributed by atoms with Crippen molar-refractivity contribution in [2.45, 2.75) is 19.6 Å². The lowest BCUT2D eigenvalue weighted by molar-refractivity contribution is -0.159. The zero-order chi connectivity index (χ0) is 18.6. The van der Waals surface area contributed by atoms with Crippen LogP contribution in [0, 0.1) is 0 Å². The Labute approximate surface area is 141 Å². The van der Waals surface area contributed by atoms with Crippen LogP contribution in [0.25, 0.3) is 11.4 Å². The van der Waals surface area contributed by atoms with Gasteiger partial charge in [0.1, 0.15) is 0 Å². The Morgan fingerprint density at radius 3 is 2.36 bits per heavy atom. The van der Waals surface area contributed by atoms with Crippen molar-refractivity contribution < 1.29 is 27.3 Å². The van der Waals surface area contributed by atoms with Crippen molar-refractivity contribution >= 4 is 6.03 Å². The number of amides is 2. The maximum Gasteiger partial charge on any atom is 0.471 e. The molecule has 0 aliphatic heterocycles. The van der Waals surface area contributed by atoms with Crippen molar-refractivity contribution in [1.29, 1.82) is 0 Å². The summed E-state index contributed by atoms with van der Waals surface area (Å²) >= 11 is 0. The summed E-state index contributed by atoms with van der Waals surface area (Å²) in [5, 5.41) is 4.52. The highest BCUT2D eigenvalue weighted by Gasteiger charge is 2.38. The van der Waals surface area contributed by atoms with Crippen molar-refractivity contribution in [3.63, 3.8) is 0 Å². The minimum atomic E-state index is -4.68. The highest BCUT2D eigenvalue weighted by atomic mass is 19.4.